The molecule has 100 valence electrons. The molecule has 0 bridgehead atoms. The molecule has 1 heterocycles. The van der Waals surface area contributed by atoms with Crippen LogP contribution >= 0.6 is 0 Å². The third kappa shape index (κ3) is 2.14. The molecular formula is C16H18O3. The van der Waals surface area contributed by atoms with Gasteiger partial charge in [-0.15, -0.1) is 0 Å². The first-order valence-corrected chi connectivity index (χ1v) is 6.97. The van der Waals surface area contributed by atoms with Crippen molar-refractivity contribution in [1.82, 2.24) is 0 Å². The number of rotatable bonds is 4. The van der Waals surface area contributed by atoms with Crippen LogP contribution in [-0.2, 0) is 11.2 Å². The lowest BCUT2D eigenvalue weighted by atomic mass is 10.0. The minimum Gasteiger partial charge on any atom is -0.460 e. The molecule has 1 saturated carbocycles. The van der Waals surface area contributed by atoms with E-state index in [1.807, 2.05) is 6.92 Å². The van der Waals surface area contributed by atoms with Crippen molar-refractivity contribution < 1.29 is 13.9 Å². The fraction of sp³-hybridized carbons (Fsp3) is 0.438. The molecule has 3 rings (SSSR count). The van der Waals surface area contributed by atoms with Gasteiger partial charge in [0, 0.05) is 10.9 Å². The van der Waals surface area contributed by atoms with E-state index in [1.54, 1.807) is 6.92 Å². The van der Waals surface area contributed by atoms with Crippen molar-refractivity contribution in [2.24, 2.45) is 0 Å². The third-order valence-corrected chi connectivity index (χ3v) is 3.68. The van der Waals surface area contributed by atoms with Gasteiger partial charge in [0.1, 0.15) is 5.58 Å². The Balaban J connectivity index is 2.08. The Hall–Kier alpha value is -1.77. The van der Waals surface area contributed by atoms with Gasteiger partial charge in [-0.3, -0.25) is 0 Å². The van der Waals surface area contributed by atoms with Gasteiger partial charge >= 0.3 is 5.97 Å². The van der Waals surface area contributed by atoms with Crippen molar-refractivity contribution in [2.75, 3.05) is 6.61 Å². The summed E-state index contributed by atoms with van der Waals surface area (Å²) in [6.07, 6.45) is 3.29. The Morgan fingerprint density at radius 2 is 2.16 bits per heavy atom. The molecule has 3 heteroatoms. The number of furan rings is 1. The van der Waals surface area contributed by atoms with Crippen LogP contribution in [0.1, 0.15) is 54.3 Å². The summed E-state index contributed by atoms with van der Waals surface area (Å²) in [6.45, 7) is 4.20. The first-order chi connectivity index (χ1) is 9.24. The van der Waals surface area contributed by atoms with E-state index < -0.39 is 0 Å². The largest absolute Gasteiger partial charge is 0.460 e. The lowest BCUT2D eigenvalue weighted by Gasteiger charge is -2.00. The summed E-state index contributed by atoms with van der Waals surface area (Å²) >= 11 is 0. The van der Waals surface area contributed by atoms with Gasteiger partial charge in [0.2, 0.25) is 5.76 Å². The Kier molecular flexibility index (Phi) is 3.05. The van der Waals surface area contributed by atoms with Crippen LogP contribution in [-0.4, -0.2) is 12.6 Å². The number of esters is 1. The first-order valence-electron chi connectivity index (χ1n) is 6.97. The third-order valence-electron chi connectivity index (χ3n) is 3.68. The number of hydrogen-bond acceptors (Lipinski definition) is 3. The maximum absolute atomic E-state index is 11.9. The molecule has 0 unspecified atom stereocenters. The zero-order valence-corrected chi connectivity index (χ0v) is 11.4. The molecule has 0 radical (unpaired) electrons. The van der Waals surface area contributed by atoms with Gasteiger partial charge in [-0.05, 0) is 43.7 Å². The lowest BCUT2D eigenvalue weighted by molar-refractivity contribution is 0.0491. The van der Waals surface area contributed by atoms with E-state index in [9.17, 15) is 4.79 Å². The number of ether oxygens (including phenoxy) is 1. The molecule has 0 saturated heterocycles. The molecule has 0 aliphatic heterocycles. The standard InChI is InChI=1S/C16H18O3/c1-3-12-13-8-7-11(10-5-6-10)9-14(13)19-15(12)16(17)18-4-2/h7-10H,3-6H2,1-2H3. The molecule has 2 aromatic rings. The number of carbonyl (C=O) groups excluding carboxylic acids is 1. The Morgan fingerprint density at radius 1 is 1.37 bits per heavy atom. The van der Waals surface area contributed by atoms with Crippen LogP contribution in [0.25, 0.3) is 11.0 Å². The average Bonchev–Trinajstić information content (AvgIpc) is 3.19. The lowest BCUT2D eigenvalue weighted by Crippen LogP contribution is -2.05. The molecule has 1 aliphatic carbocycles. The van der Waals surface area contributed by atoms with Crippen LogP contribution in [0.15, 0.2) is 22.6 Å². The molecule has 1 aromatic heterocycles. The minimum absolute atomic E-state index is 0.358. The van der Waals surface area contributed by atoms with Crippen LogP contribution in [0.5, 0.6) is 0 Å². The fourth-order valence-electron chi connectivity index (χ4n) is 2.55. The zero-order valence-electron chi connectivity index (χ0n) is 11.4. The molecule has 0 atom stereocenters. The van der Waals surface area contributed by atoms with E-state index in [0.717, 1.165) is 23.0 Å². The van der Waals surface area contributed by atoms with Crippen molar-refractivity contribution in [3.05, 3.63) is 35.1 Å². The topological polar surface area (TPSA) is 39.4 Å². The van der Waals surface area contributed by atoms with E-state index in [2.05, 4.69) is 18.2 Å². The Bertz CT molecular complexity index is 620. The highest BCUT2D eigenvalue weighted by atomic mass is 16.5. The van der Waals surface area contributed by atoms with Crippen molar-refractivity contribution in [1.29, 1.82) is 0 Å². The van der Waals surface area contributed by atoms with Gasteiger partial charge in [-0.1, -0.05) is 19.1 Å². The van der Waals surface area contributed by atoms with Gasteiger partial charge in [0.25, 0.3) is 0 Å². The van der Waals surface area contributed by atoms with Crippen molar-refractivity contribution in [3.8, 4) is 0 Å². The monoisotopic (exact) mass is 258 g/mol. The van der Waals surface area contributed by atoms with Gasteiger partial charge in [0.05, 0.1) is 6.61 Å². The molecule has 0 N–H and O–H groups in total. The Morgan fingerprint density at radius 3 is 2.79 bits per heavy atom. The van der Waals surface area contributed by atoms with Crippen molar-refractivity contribution >= 4 is 16.9 Å². The summed E-state index contributed by atoms with van der Waals surface area (Å²) < 4.78 is 10.8. The van der Waals surface area contributed by atoms with E-state index in [-0.39, 0.29) is 5.97 Å². The summed E-state index contributed by atoms with van der Waals surface area (Å²) in [5.41, 5.74) is 3.08. The second-order valence-corrected chi connectivity index (χ2v) is 5.01. The highest BCUT2D eigenvalue weighted by molar-refractivity contribution is 5.96. The zero-order chi connectivity index (χ0) is 13.4. The molecule has 1 aliphatic rings. The Labute approximate surface area is 112 Å². The first kappa shape index (κ1) is 12.3. The maximum Gasteiger partial charge on any atom is 0.374 e. The van der Waals surface area contributed by atoms with Crippen molar-refractivity contribution in [3.63, 3.8) is 0 Å². The summed E-state index contributed by atoms with van der Waals surface area (Å²) in [6, 6.07) is 6.31. The van der Waals surface area contributed by atoms with E-state index in [4.69, 9.17) is 9.15 Å². The number of carbonyl (C=O) groups is 1. The number of fused-ring (bicyclic) bond motifs is 1. The predicted molar refractivity (Wildman–Crippen MR) is 73.5 cm³/mol. The number of aryl methyl sites for hydroxylation is 1. The van der Waals surface area contributed by atoms with Crippen LogP contribution in [0, 0.1) is 0 Å². The average molecular weight is 258 g/mol. The highest BCUT2D eigenvalue weighted by Gasteiger charge is 2.26. The van der Waals surface area contributed by atoms with Crippen LogP contribution in [0.3, 0.4) is 0 Å². The molecule has 19 heavy (non-hydrogen) atoms. The minimum atomic E-state index is -0.358. The van der Waals surface area contributed by atoms with E-state index in [1.165, 1.54) is 18.4 Å². The van der Waals surface area contributed by atoms with E-state index >= 15 is 0 Å². The highest BCUT2D eigenvalue weighted by Crippen LogP contribution is 2.41. The second kappa shape index (κ2) is 4.72. The molecule has 1 fully saturated rings. The molecular weight excluding hydrogens is 240 g/mol. The predicted octanol–water partition coefficient (Wildman–Crippen LogP) is 4.05. The van der Waals surface area contributed by atoms with Crippen LogP contribution in [0.4, 0.5) is 0 Å². The fourth-order valence-corrected chi connectivity index (χ4v) is 2.55. The van der Waals surface area contributed by atoms with Crippen LogP contribution in [0.2, 0.25) is 0 Å². The smallest absolute Gasteiger partial charge is 0.374 e. The van der Waals surface area contributed by atoms with Gasteiger partial charge in [0.15, 0.2) is 0 Å². The van der Waals surface area contributed by atoms with Gasteiger partial charge in [-0.25, -0.2) is 4.79 Å². The summed E-state index contributed by atoms with van der Waals surface area (Å²) in [7, 11) is 0. The summed E-state index contributed by atoms with van der Waals surface area (Å²) in [5, 5.41) is 1.04. The number of hydrogen-bond donors (Lipinski definition) is 0. The SMILES string of the molecule is CCOC(=O)c1oc2cc(C3CC3)ccc2c1CC. The quantitative estimate of drug-likeness (QED) is 0.777. The second-order valence-electron chi connectivity index (χ2n) is 5.01. The molecule has 1 aromatic carbocycles. The molecule has 0 amide bonds. The van der Waals surface area contributed by atoms with Crippen LogP contribution < -0.4 is 0 Å². The van der Waals surface area contributed by atoms with Gasteiger partial charge in [-0.2, -0.15) is 0 Å². The number of benzene rings is 1. The summed E-state index contributed by atoms with van der Waals surface area (Å²) in [5.74, 6) is 0.696. The van der Waals surface area contributed by atoms with Crippen molar-refractivity contribution in [2.45, 2.75) is 39.0 Å². The maximum atomic E-state index is 11.9. The molecule has 0 spiro atoms. The van der Waals surface area contributed by atoms with Gasteiger partial charge < -0.3 is 9.15 Å². The molecule has 3 nitrogen and oxygen atoms in total. The van der Waals surface area contributed by atoms with E-state index in [0.29, 0.717) is 18.3 Å². The summed E-state index contributed by atoms with van der Waals surface area (Å²) in [4.78, 5) is 11.9. The normalized spacial score (nSPS) is 14.8.